The molecule has 1 atom stereocenters. The third-order valence-corrected chi connectivity index (χ3v) is 3.63. The zero-order chi connectivity index (χ0) is 16.2. The van der Waals surface area contributed by atoms with Crippen molar-refractivity contribution in [2.24, 2.45) is 0 Å². The highest BCUT2D eigenvalue weighted by Gasteiger charge is 2.43. The van der Waals surface area contributed by atoms with E-state index < -0.39 is 24.7 Å². The molecule has 22 heavy (non-hydrogen) atoms. The maximum Gasteiger partial charge on any atom is 0.405 e. The summed E-state index contributed by atoms with van der Waals surface area (Å²) in [5.74, 6) is -0.595. The van der Waals surface area contributed by atoms with Gasteiger partial charge in [0.1, 0.15) is 6.04 Å². The van der Waals surface area contributed by atoms with Crippen LogP contribution in [0.4, 0.5) is 18.9 Å². The van der Waals surface area contributed by atoms with E-state index in [9.17, 15) is 18.0 Å². The lowest BCUT2D eigenvalue weighted by Gasteiger charge is -2.35. The summed E-state index contributed by atoms with van der Waals surface area (Å²) < 4.78 is 39.6. The molecule has 0 bridgehead atoms. The van der Waals surface area contributed by atoms with Crippen molar-refractivity contribution >= 4 is 11.6 Å². The number of alkyl halides is 3. The van der Waals surface area contributed by atoms with Gasteiger partial charge in [0.25, 0.3) is 5.91 Å². The Hall–Kier alpha value is -1.80. The van der Waals surface area contributed by atoms with Gasteiger partial charge in [0.05, 0.1) is 5.56 Å². The minimum atomic E-state index is -4.40. The van der Waals surface area contributed by atoms with Crippen LogP contribution in [0.15, 0.2) is 24.3 Å². The van der Waals surface area contributed by atoms with Crippen LogP contribution in [0.5, 0.6) is 0 Å². The number of halogens is 3. The summed E-state index contributed by atoms with van der Waals surface area (Å²) in [5, 5.41) is 5.35. The predicted octanol–water partition coefficient (Wildman–Crippen LogP) is 0.835. The minimum absolute atomic E-state index is 0.184. The Morgan fingerprint density at radius 1 is 1.32 bits per heavy atom. The molecule has 5 nitrogen and oxygen atoms in total. The number of nitrogens with two attached hydrogens (primary N) is 1. The number of nitrogens with zero attached hydrogens (tertiary/aromatic N) is 1. The number of benzene rings is 1. The van der Waals surface area contributed by atoms with E-state index in [0.717, 1.165) is 0 Å². The molecule has 0 spiro atoms. The van der Waals surface area contributed by atoms with E-state index in [1.54, 1.807) is 12.1 Å². The predicted molar refractivity (Wildman–Crippen MR) is 77.5 cm³/mol. The second-order valence-electron chi connectivity index (χ2n) is 5.14. The number of anilines is 1. The summed E-state index contributed by atoms with van der Waals surface area (Å²) >= 11 is 0. The van der Waals surface area contributed by atoms with E-state index in [4.69, 9.17) is 5.73 Å². The average molecular weight is 316 g/mol. The van der Waals surface area contributed by atoms with Gasteiger partial charge in [-0.3, -0.25) is 9.69 Å². The zero-order valence-electron chi connectivity index (χ0n) is 12.0. The Kier molecular flexibility index (Phi) is 5.25. The molecule has 0 radical (unpaired) electrons. The van der Waals surface area contributed by atoms with Crippen LogP contribution in [0.25, 0.3) is 0 Å². The number of piperazine rings is 1. The monoisotopic (exact) mass is 316 g/mol. The smallest absolute Gasteiger partial charge is 0.398 e. The molecule has 0 aliphatic carbocycles. The molecule has 4 N–H and O–H groups in total. The van der Waals surface area contributed by atoms with Crippen molar-refractivity contribution in [1.82, 2.24) is 15.5 Å². The van der Waals surface area contributed by atoms with Gasteiger partial charge in [-0.15, -0.1) is 0 Å². The molecule has 1 unspecified atom stereocenters. The molecule has 1 fully saturated rings. The number of amides is 1. The van der Waals surface area contributed by atoms with E-state index in [1.807, 2.05) is 0 Å². The van der Waals surface area contributed by atoms with Gasteiger partial charge in [0.15, 0.2) is 0 Å². The van der Waals surface area contributed by atoms with Gasteiger partial charge in [-0.05, 0) is 12.1 Å². The molecule has 1 aromatic carbocycles. The van der Waals surface area contributed by atoms with Crippen LogP contribution in [0.2, 0.25) is 0 Å². The molecule has 1 saturated heterocycles. The quantitative estimate of drug-likeness (QED) is 0.720. The van der Waals surface area contributed by atoms with Gasteiger partial charge >= 0.3 is 6.18 Å². The standard InChI is InChI=1S/C14H19F3N4O/c15-14(16,17)12(21-7-5-19-6-8-21)9-20-13(22)10-3-1-2-4-11(10)18/h1-4,12,19H,5-9,18H2,(H,20,22). The van der Waals surface area contributed by atoms with Crippen LogP contribution < -0.4 is 16.4 Å². The molecule has 1 amide bonds. The molecule has 1 aromatic rings. The SMILES string of the molecule is Nc1ccccc1C(=O)NCC(N1CCNCC1)C(F)(F)F. The van der Waals surface area contributed by atoms with Crippen molar-refractivity contribution < 1.29 is 18.0 Å². The number of para-hydroxylation sites is 1. The van der Waals surface area contributed by atoms with Crippen molar-refractivity contribution in [2.75, 3.05) is 38.5 Å². The summed E-state index contributed by atoms with van der Waals surface area (Å²) in [6, 6.07) is 4.60. The molecule has 0 aromatic heterocycles. The van der Waals surface area contributed by atoms with Crippen LogP contribution in [0, 0.1) is 0 Å². The summed E-state index contributed by atoms with van der Waals surface area (Å²) in [4.78, 5) is 13.3. The van der Waals surface area contributed by atoms with E-state index in [1.165, 1.54) is 17.0 Å². The highest BCUT2D eigenvalue weighted by molar-refractivity contribution is 5.99. The lowest BCUT2D eigenvalue weighted by atomic mass is 10.1. The van der Waals surface area contributed by atoms with Crippen molar-refractivity contribution in [3.8, 4) is 0 Å². The highest BCUT2D eigenvalue weighted by atomic mass is 19.4. The normalized spacial score (nSPS) is 18.0. The largest absolute Gasteiger partial charge is 0.405 e. The number of carbonyl (C=O) groups is 1. The molecular formula is C14H19F3N4O. The van der Waals surface area contributed by atoms with E-state index in [2.05, 4.69) is 10.6 Å². The van der Waals surface area contributed by atoms with Gasteiger partial charge in [-0.25, -0.2) is 0 Å². The molecule has 8 heteroatoms. The van der Waals surface area contributed by atoms with Crippen molar-refractivity contribution in [3.63, 3.8) is 0 Å². The molecule has 2 rings (SSSR count). The Labute approximate surface area is 126 Å². The molecule has 0 saturated carbocycles. The first kappa shape index (κ1) is 16.6. The first-order valence-corrected chi connectivity index (χ1v) is 7.04. The van der Waals surface area contributed by atoms with Crippen LogP contribution in [-0.2, 0) is 0 Å². The molecule has 1 aliphatic heterocycles. The summed E-state index contributed by atoms with van der Waals surface area (Å²) in [5.41, 5.74) is 6.08. The maximum atomic E-state index is 13.2. The van der Waals surface area contributed by atoms with Crippen LogP contribution in [-0.4, -0.2) is 55.7 Å². The van der Waals surface area contributed by atoms with E-state index in [-0.39, 0.29) is 11.3 Å². The Morgan fingerprint density at radius 2 is 1.95 bits per heavy atom. The highest BCUT2D eigenvalue weighted by Crippen LogP contribution is 2.25. The zero-order valence-corrected chi connectivity index (χ0v) is 12.0. The van der Waals surface area contributed by atoms with Crippen LogP contribution >= 0.6 is 0 Å². The lowest BCUT2D eigenvalue weighted by molar-refractivity contribution is -0.183. The van der Waals surface area contributed by atoms with Gasteiger partial charge in [0.2, 0.25) is 0 Å². The van der Waals surface area contributed by atoms with Gasteiger partial charge in [-0.1, -0.05) is 12.1 Å². The third-order valence-electron chi connectivity index (χ3n) is 3.63. The van der Waals surface area contributed by atoms with Crippen molar-refractivity contribution in [1.29, 1.82) is 0 Å². The van der Waals surface area contributed by atoms with Gasteiger partial charge in [-0.2, -0.15) is 13.2 Å². The number of hydrogen-bond donors (Lipinski definition) is 3. The molecule has 1 aliphatic rings. The number of nitrogens with one attached hydrogen (secondary N) is 2. The van der Waals surface area contributed by atoms with E-state index >= 15 is 0 Å². The Bertz CT molecular complexity index is 515. The maximum absolute atomic E-state index is 13.2. The fourth-order valence-electron chi connectivity index (χ4n) is 2.43. The van der Waals surface area contributed by atoms with Crippen molar-refractivity contribution in [3.05, 3.63) is 29.8 Å². The number of hydrogen-bond acceptors (Lipinski definition) is 4. The topological polar surface area (TPSA) is 70.4 Å². The van der Waals surface area contributed by atoms with E-state index in [0.29, 0.717) is 26.2 Å². The second-order valence-corrected chi connectivity index (χ2v) is 5.14. The number of carbonyl (C=O) groups excluding carboxylic acids is 1. The molecule has 1 heterocycles. The second kappa shape index (κ2) is 6.97. The summed E-state index contributed by atoms with van der Waals surface area (Å²) in [7, 11) is 0. The average Bonchev–Trinajstić information content (AvgIpc) is 2.47. The molecule has 122 valence electrons. The van der Waals surface area contributed by atoms with Gasteiger partial charge < -0.3 is 16.4 Å². The van der Waals surface area contributed by atoms with Crippen LogP contribution in [0.1, 0.15) is 10.4 Å². The number of rotatable bonds is 4. The first-order chi connectivity index (χ1) is 10.4. The summed E-state index contributed by atoms with van der Waals surface area (Å²) in [6.45, 7) is 1.12. The van der Waals surface area contributed by atoms with Crippen LogP contribution in [0.3, 0.4) is 0 Å². The first-order valence-electron chi connectivity index (χ1n) is 7.04. The Morgan fingerprint density at radius 3 is 2.55 bits per heavy atom. The fourth-order valence-corrected chi connectivity index (χ4v) is 2.43. The number of nitrogen functional groups attached to an aromatic ring is 1. The fraction of sp³-hybridized carbons (Fsp3) is 0.500. The minimum Gasteiger partial charge on any atom is -0.398 e. The van der Waals surface area contributed by atoms with Gasteiger partial charge in [0, 0.05) is 38.4 Å². The van der Waals surface area contributed by atoms with Crippen molar-refractivity contribution in [2.45, 2.75) is 12.2 Å². The lowest BCUT2D eigenvalue weighted by Crippen LogP contribution is -2.57. The summed E-state index contributed by atoms with van der Waals surface area (Å²) in [6.07, 6.45) is -4.40. The third kappa shape index (κ3) is 4.11. The molecular weight excluding hydrogens is 297 g/mol. The Balaban J connectivity index is 2.02.